The van der Waals surface area contributed by atoms with Crippen molar-refractivity contribution in [2.75, 3.05) is 14.2 Å². The van der Waals surface area contributed by atoms with Gasteiger partial charge in [-0.2, -0.15) is 0 Å². The summed E-state index contributed by atoms with van der Waals surface area (Å²) >= 11 is 5.91. The molecule has 106 valence electrons. The van der Waals surface area contributed by atoms with Gasteiger partial charge in [0.2, 0.25) is 0 Å². The molecule has 0 aliphatic heterocycles. The third-order valence-electron chi connectivity index (χ3n) is 3.07. The van der Waals surface area contributed by atoms with E-state index < -0.39 is 11.9 Å². The summed E-state index contributed by atoms with van der Waals surface area (Å²) < 4.78 is 24.5. The fraction of sp³-hybridized carbons (Fsp3) is 0.200. The molecule has 0 amide bonds. The van der Waals surface area contributed by atoms with E-state index in [2.05, 4.69) is 0 Å². The van der Waals surface area contributed by atoms with Gasteiger partial charge in [-0.15, -0.1) is 0 Å². The number of hydrogen-bond acceptors (Lipinski definition) is 3. The van der Waals surface area contributed by atoms with E-state index in [4.69, 9.17) is 26.8 Å². The molecule has 2 N–H and O–H groups in total. The molecule has 1 atom stereocenters. The Morgan fingerprint density at radius 2 is 1.70 bits per heavy atom. The molecule has 5 heteroatoms. The van der Waals surface area contributed by atoms with Gasteiger partial charge in [-0.3, -0.25) is 0 Å². The number of hydrogen-bond donors (Lipinski definition) is 1. The molecule has 0 radical (unpaired) electrons. The average molecular weight is 296 g/mol. The van der Waals surface area contributed by atoms with Crippen LogP contribution in [0.5, 0.6) is 11.5 Å². The maximum absolute atomic E-state index is 14.0. The molecule has 0 spiro atoms. The summed E-state index contributed by atoms with van der Waals surface area (Å²) in [5, 5.41) is 0.422. The second-order valence-corrected chi connectivity index (χ2v) is 4.66. The zero-order valence-corrected chi connectivity index (χ0v) is 11.9. The van der Waals surface area contributed by atoms with Crippen LogP contribution in [0, 0.1) is 5.82 Å². The van der Waals surface area contributed by atoms with Crippen LogP contribution >= 0.6 is 11.6 Å². The Morgan fingerprint density at radius 1 is 1.10 bits per heavy atom. The Kier molecular flexibility index (Phi) is 4.47. The van der Waals surface area contributed by atoms with E-state index in [9.17, 15) is 4.39 Å². The van der Waals surface area contributed by atoms with Crippen LogP contribution in [0.1, 0.15) is 17.2 Å². The molecular formula is C15H15ClFNO2. The fourth-order valence-electron chi connectivity index (χ4n) is 2.09. The van der Waals surface area contributed by atoms with Crippen LogP contribution in [-0.2, 0) is 0 Å². The Hall–Kier alpha value is -1.78. The van der Waals surface area contributed by atoms with Crippen LogP contribution in [0.2, 0.25) is 5.02 Å². The predicted octanol–water partition coefficient (Wildman–Crippen LogP) is 3.54. The monoisotopic (exact) mass is 295 g/mol. The molecule has 0 bridgehead atoms. The highest BCUT2D eigenvalue weighted by molar-refractivity contribution is 6.30. The highest BCUT2D eigenvalue weighted by Crippen LogP contribution is 2.37. The zero-order chi connectivity index (χ0) is 14.7. The minimum atomic E-state index is -0.736. The van der Waals surface area contributed by atoms with Crippen molar-refractivity contribution in [1.82, 2.24) is 0 Å². The minimum Gasteiger partial charge on any atom is -0.496 e. The standard InChI is InChI=1S/C15H15ClFNO2/c1-19-12-4-3-5-13(20-2)14(12)15(18)10-8-9(16)6-7-11(10)17/h3-8,15H,18H2,1-2H3. The van der Waals surface area contributed by atoms with Crippen molar-refractivity contribution in [3.63, 3.8) is 0 Å². The minimum absolute atomic E-state index is 0.292. The smallest absolute Gasteiger partial charge is 0.128 e. The summed E-state index contributed by atoms with van der Waals surface area (Å²) in [6.07, 6.45) is 0. The number of methoxy groups -OCH3 is 2. The first kappa shape index (κ1) is 14.6. The Labute approximate surface area is 122 Å². The summed E-state index contributed by atoms with van der Waals surface area (Å²) in [6, 6.07) is 8.82. The van der Waals surface area contributed by atoms with Gasteiger partial charge in [-0.05, 0) is 30.3 Å². The van der Waals surface area contributed by atoms with Crippen LogP contribution in [-0.4, -0.2) is 14.2 Å². The zero-order valence-electron chi connectivity index (χ0n) is 11.2. The number of ether oxygens (including phenoxy) is 2. The number of halogens is 2. The Bertz CT molecular complexity index is 597. The molecule has 0 saturated carbocycles. The summed E-state index contributed by atoms with van der Waals surface area (Å²) in [5.41, 5.74) is 7.05. The lowest BCUT2D eigenvalue weighted by molar-refractivity contribution is 0.381. The maximum atomic E-state index is 14.0. The number of rotatable bonds is 4. The molecule has 2 aromatic carbocycles. The van der Waals surface area contributed by atoms with Gasteiger partial charge in [0.25, 0.3) is 0 Å². The molecule has 2 aromatic rings. The van der Waals surface area contributed by atoms with Crippen LogP contribution in [0.3, 0.4) is 0 Å². The molecule has 3 nitrogen and oxygen atoms in total. The lowest BCUT2D eigenvalue weighted by Crippen LogP contribution is -2.16. The van der Waals surface area contributed by atoms with E-state index in [1.807, 2.05) is 0 Å². The van der Waals surface area contributed by atoms with Gasteiger partial charge in [0, 0.05) is 10.6 Å². The third kappa shape index (κ3) is 2.71. The summed E-state index contributed by atoms with van der Waals surface area (Å²) in [7, 11) is 3.05. The molecule has 1 unspecified atom stereocenters. The van der Waals surface area contributed by atoms with Crippen molar-refractivity contribution in [2.45, 2.75) is 6.04 Å². The van der Waals surface area contributed by atoms with Crippen molar-refractivity contribution in [3.05, 3.63) is 58.4 Å². The van der Waals surface area contributed by atoms with E-state index in [0.29, 0.717) is 27.6 Å². The summed E-state index contributed by atoms with van der Waals surface area (Å²) in [4.78, 5) is 0. The second kappa shape index (κ2) is 6.11. The lowest BCUT2D eigenvalue weighted by atomic mass is 9.97. The summed E-state index contributed by atoms with van der Waals surface area (Å²) in [6.45, 7) is 0. The van der Waals surface area contributed by atoms with E-state index in [-0.39, 0.29) is 0 Å². The molecule has 0 fully saturated rings. The fourth-order valence-corrected chi connectivity index (χ4v) is 2.28. The van der Waals surface area contributed by atoms with Crippen molar-refractivity contribution < 1.29 is 13.9 Å². The molecule has 0 aliphatic rings. The third-order valence-corrected chi connectivity index (χ3v) is 3.31. The van der Waals surface area contributed by atoms with Gasteiger partial charge in [0.15, 0.2) is 0 Å². The molecule has 20 heavy (non-hydrogen) atoms. The van der Waals surface area contributed by atoms with Crippen molar-refractivity contribution >= 4 is 11.6 Å². The largest absolute Gasteiger partial charge is 0.496 e. The van der Waals surface area contributed by atoms with Crippen molar-refractivity contribution in [1.29, 1.82) is 0 Å². The van der Waals surface area contributed by atoms with Crippen LogP contribution in [0.4, 0.5) is 4.39 Å². The number of nitrogens with two attached hydrogens (primary N) is 1. The van der Waals surface area contributed by atoms with E-state index >= 15 is 0 Å². The van der Waals surface area contributed by atoms with Gasteiger partial charge in [-0.1, -0.05) is 17.7 Å². The van der Waals surface area contributed by atoms with Gasteiger partial charge >= 0.3 is 0 Å². The van der Waals surface area contributed by atoms with Crippen molar-refractivity contribution in [2.24, 2.45) is 5.73 Å². The second-order valence-electron chi connectivity index (χ2n) is 4.22. The van der Waals surface area contributed by atoms with Gasteiger partial charge in [-0.25, -0.2) is 4.39 Å². The first-order valence-corrected chi connectivity index (χ1v) is 6.37. The highest BCUT2D eigenvalue weighted by atomic mass is 35.5. The van der Waals surface area contributed by atoms with E-state index in [1.54, 1.807) is 18.2 Å². The Morgan fingerprint density at radius 3 is 2.25 bits per heavy atom. The first-order chi connectivity index (χ1) is 9.58. The molecule has 0 saturated heterocycles. The molecule has 0 heterocycles. The SMILES string of the molecule is COc1cccc(OC)c1C(N)c1cc(Cl)ccc1F. The maximum Gasteiger partial charge on any atom is 0.128 e. The molecular weight excluding hydrogens is 281 g/mol. The average Bonchev–Trinajstić information content (AvgIpc) is 2.48. The Balaban J connectivity index is 2.58. The quantitative estimate of drug-likeness (QED) is 0.938. The van der Waals surface area contributed by atoms with Crippen molar-refractivity contribution in [3.8, 4) is 11.5 Å². The summed E-state index contributed by atoms with van der Waals surface area (Å²) in [5.74, 6) is 0.655. The normalized spacial score (nSPS) is 12.1. The molecule has 0 aromatic heterocycles. The van der Waals surface area contributed by atoms with Gasteiger partial charge in [0.05, 0.1) is 25.8 Å². The molecule has 0 aliphatic carbocycles. The van der Waals surface area contributed by atoms with Crippen LogP contribution in [0.25, 0.3) is 0 Å². The van der Waals surface area contributed by atoms with Crippen LogP contribution < -0.4 is 15.2 Å². The molecule has 2 rings (SSSR count). The number of benzene rings is 2. The topological polar surface area (TPSA) is 44.5 Å². The van der Waals surface area contributed by atoms with E-state index in [1.165, 1.54) is 32.4 Å². The highest BCUT2D eigenvalue weighted by Gasteiger charge is 2.22. The first-order valence-electron chi connectivity index (χ1n) is 6.00. The lowest BCUT2D eigenvalue weighted by Gasteiger charge is -2.19. The van der Waals surface area contributed by atoms with Gasteiger partial charge < -0.3 is 15.2 Å². The van der Waals surface area contributed by atoms with Gasteiger partial charge in [0.1, 0.15) is 17.3 Å². The van der Waals surface area contributed by atoms with E-state index in [0.717, 1.165) is 0 Å². The van der Waals surface area contributed by atoms with Crippen LogP contribution in [0.15, 0.2) is 36.4 Å². The predicted molar refractivity (Wildman–Crippen MR) is 77.0 cm³/mol.